The van der Waals surface area contributed by atoms with Crippen LogP contribution in [0.3, 0.4) is 0 Å². The van der Waals surface area contributed by atoms with Crippen LogP contribution in [0.15, 0.2) is 63.5 Å². The van der Waals surface area contributed by atoms with Crippen LogP contribution in [0.25, 0.3) is 6.08 Å². The number of rotatable bonds is 7. The monoisotopic (exact) mass is 564 g/mol. The van der Waals surface area contributed by atoms with Crippen molar-refractivity contribution in [3.05, 3.63) is 94.7 Å². The third kappa shape index (κ3) is 5.03. The van der Waals surface area contributed by atoms with E-state index in [0.29, 0.717) is 58.2 Å². The number of nitrogens with zero attached hydrogens (tertiary/aromatic N) is 4. The number of esters is 1. The van der Waals surface area contributed by atoms with E-state index in [-0.39, 0.29) is 23.4 Å². The van der Waals surface area contributed by atoms with Gasteiger partial charge < -0.3 is 19.1 Å². The highest BCUT2D eigenvalue weighted by Gasteiger charge is 2.35. The highest BCUT2D eigenvalue weighted by atomic mass is 32.1. The topological polar surface area (TPSA) is 126 Å². The van der Waals surface area contributed by atoms with E-state index in [4.69, 9.17) is 14.2 Å². The van der Waals surface area contributed by atoms with Crippen LogP contribution in [-0.4, -0.2) is 55.5 Å². The van der Waals surface area contributed by atoms with Gasteiger partial charge in [-0.3, -0.25) is 19.5 Å². The first-order valence-electron chi connectivity index (χ1n) is 12.8. The van der Waals surface area contributed by atoms with Crippen molar-refractivity contribution in [2.45, 2.75) is 19.9 Å². The molecule has 2 aromatic carbocycles. The lowest BCUT2D eigenvalue weighted by Gasteiger charge is -2.30. The summed E-state index contributed by atoms with van der Waals surface area (Å²) in [5.74, 6) is -0.0610. The van der Waals surface area contributed by atoms with E-state index in [0.717, 1.165) is 17.0 Å². The number of morpholine rings is 1. The normalized spacial score (nSPS) is 17.3. The SMILES string of the molecule is CCOC(=O)C1=C(C)N=c2s/c(=C\c3cc([N+](=O)[O-])ccc3N3CCOCC3)c(=O)n2[C@@H]1c1ccccc1OC. The molecule has 3 aromatic rings. The molecule has 1 fully saturated rings. The minimum absolute atomic E-state index is 0.0802. The number of hydrogen-bond acceptors (Lipinski definition) is 10. The molecule has 1 saturated heterocycles. The zero-order valence-corrected chi connectivity index (χ0v) is 23.1. The number of carbonyl (C=O) groups excluding carboxylic acids is 1. The fraction of sp³-hybridized carbons (Fsp3) is 0.321. The molecule has 0 N–H and O–H groups in total. The molecule has 0 spiro atoms. The minimum atomic E-state index is -0.836. The third-order valence-electron chi connectivity index (χ3n) is 6.81. The molecule has 12 heteroatoms. The lowest BCUT2D eigenvalue weighted by Crippen LogP contribution is -2.40. The van der Waals surface area contributed by atoms with Crippen molar-refractivity contribution >= 4 is 34.8 Å². The van der Waals surface area contributed by atoms with Crippen molar-refractivity contribution in [1.82, 2.24) is 4.57 Å². The lowest BCUT2D eigenvalue weighted by atomic mass is 9.95. The van der Waals surface area contributed by atoms with E-state index in [1.54, 1.807) is 38.1 Å². The number of nitro benzene ring substituents is 1. The Bertz CT molecular complexity index is 1680. The molecule has 40 heavy (non-hydrogen) atoms. The van der Waals surface area contributed by atoms with Crippen molar-refractivity contribution in [2.24, 2.45) is 4.99 Å². The lowest BCUT2D eigenvalue weighted by molar-refractivity contribution is -0.384. The summed E-state index contributed by atoms with van der Waals surface area (Å²) < 4.78 is 18.2. The number of aromatic nitrogens is 1. The summed E-state index contributed by atoms with van der Waals surface area (Å²) in [6.07, 6.45) is 1.66. The third-order valence-corrected chi connectivity index (χ3v) is 7.79. The van der Waals surface area contributed by atoms with Gasteiger partial charge in [0.15, 0.2) is 4.80 Å². The van der Waals surface area contributed by atoms with Crippen LogP contribution in [0.2, 0.25) is 0 Å². The number of thiazole rings is 1. The molecule has 1 atom stereocenters. The van der Waals surface area contributed by atoms with Gasteiger partial charge in [0.1, 0.15) is 11.8 Å². The van der Waals surface area contributed by atoms with Gasteiger partial charge in [0, 0.05) is 42.0 Å². The van der Waals surface area contributed by atoms with Crippen LogP contribution in [0.5, 0.6) is 5.75 Å². The molecule has 0 amide bonds. The number of anilines is 1. The maximum Gasteiger partial charge on any atom is 0.338 e. The predicted molar refractivity (Wildman–Crippen MR) is 150 cm³/mol. The van der Waals surface area contributed by atoms with Crippen LogP contribution in [0, 0.1) is 10.1 Å². The van der Waals surface area contributed by atoms with Gasteiger partial charge in [0.05, 0.1) is 47.7 Å². The van der Waals surface area contributed by atoms with Gasteiger partial charge in [-0.05, 0) is 32.1 Å². The second-order valence-electron chi connectivity index (χ2n) is 9.14. The summed E-state index contributed by atoms with van der Waals surface area (Å²) in [6, 6.07) is 11.0. The molecule has 1 aromatic heterocycles. The second kappa shape index (κ2) is 11.4. The van der Waals surface area contributed by atoms with Crippen molar-refractivity contribution in [3.63, 3.8) is 0 Å². The zero-order chi connectivity index (χ0) is 28.4. The minimum Gasteiger partial charge on any atom is -0.496 e. The quantitative estimate of drug-likeness (QED) is 0.244. The highest BCUT2D eigenvalue weighted by Crippen LogP contribution is 2.35. The summed E-state index contributed by atoms with van der Waals surface area (Å²) in [4.78, 5) is 45.4. The molecule has 5 rings (SSSR count). The van der Waals surface area contributed by atoms with E-state index in [1.165, 1.54) is 23.8 Å². The van der Waals surface area contributed by atoms with Crippen molar-refractivity contribution < 1.29 is 23.9 Å². The van der Waals surface area contributed by atoms with E-state index in [9.17, 15) is 19.7 Å². The number of hydrogen-bond donors (Lipinski definition) is 0. The Morgan fingerprint density at radius 2 is 2.00 bits per heavy atom. The first kappa shape index (κ1) is 27.3. The number of non-ortho nitro benzene ring substituents is 1. The fourth-order valence-electron chi connectivity index (χ4n) is 4.98. The van der Waals surface area contributed by atoms with E-state index in [2.05, 4.69) is 9.89 Å². The number of fused-ring (bicyclic) bond motifs is 1. The number of benzene rings is 2. The van der Waals surface area contributed by atoms with Crippen LogP contribution >= 0.6 is 11.3 Å². The van der Waals surface area contributed by atoms with Crippen molar-refractivity contribution in [1.29, 1.82) is 0 Å². The first-order valence-corrected chi connectivity index (χ1v) is 13.6. The number of nitro groups is 1. The molecule has 0 unspecified atom stereocenters. The summed E-state index contributed by atoms with van der Waals surface area (Å²) in [5, 5.41) is 11.6. The summed E-state index contributed by atoms with van der Waals surface area (Å²) in [5.41, 5.74) is 2.14. The molecule has 2 aliphatic heterocycles. The van der Waals surface area contributed by atoms with Crippen molar-refractivity contribution in [3.8, 4) is 5.75 Å². The van der Waals surface area contributed by atoms with E-state index < -0.39 is 16.9 Å². The van der Waals surface area contributed by atoms with Gasteiger partial charge in [0.2, 0.25) is 0 Å². The zero-order valence-electron chi connectivity index (χ0n) is 22.3. The highest BCUT2D eigenvalue weighted by molar-refractivity contribution is 7.07. The molecular formula is C28H28N4O7S. The fourth-order valence-corrected chi connectivity index (χ4v) is 6.02. The first-order chi connectivity index (χ1) is 19.3. The summed E-state index contributed by atoms with van der Waals surface area (Å²) in [6.45, 7) is 5.90. The van der Waals surface area contributed by atoms with Gasteiger partial charge in [-0.2, -0.15) is 0 Å². The number of ether oxygens (including phenoxy) is 3. The Hall–Kier alpha value is -4.29. The number of carbonyl (C=O) groups is 1. The maximum atomic E-state index is 14.0. The standard InChI is InChI=1S/C28H28N4O7S/c1-4-39-27(34)24-17(2)29-28-31(25(24)20-7-5-6-8-22(20)37-3)26(33)23(40-28)16-18-15-19(32(35)36)9-10-21(18)30-11-13-38-14-12-30/h5-10,15-16,25H,4,11-14H2,1-3H3/b23-16-/t25-/m1/s1. The molecule has 0 saturated carbocycles. The molecular weight excluding hydrogens is 536 g/mol. The Morgan fingerprint density at radius 1 is 1.25 bits per heavy atom. The smallest absolute Gasteiger partial charge is 0.338 e. The molecule has 0 aliphatic carbocycles. The van der Waals surface area contributed by atoms with Crippen molar-refractivity contribution in [2.75, 3.05) is 44.9 Å². The van der Waals surface area contributed by atoms with Crippen LogP contribution in [0.4, 0.5) is 11.4 Å². The Balaban J connectivity index is 1.74. The molecule has 3 heterocycles. The Labute approximate surface area is 233 Å². The van der Waals surface area contributed by atoms with Gasteiger partial charge in [-0.15, -0.1) is 0 Å². The summed E-state index contributed by atoms with van der Waals surface area (Å²) in [7, 11) is 1.53. The second-order valence-corrected chi connectivity index (χ2v) is 10.2. The van der Waals surface area contributed by atoms with Crippen LogP contribution in [0.1, 0.15) is 31.0 Å². The van der Waals surface area contributed by atoms with Gasteiger partial charge >= 0.3 is 5.97 Å². The average molecular weight is 565 g/mol. The largest absolute Gasteiger partial charge is 0.496 e. The van der Waals surface area contributed by atoms with E-state index >= 15 is 0 Å². The average Bonchev–Trinajstić information content (AvgIpc) is 3.26. The number of allylic oxidation sites excluding steroid dienone is 1. The molecule has 0 radical (unpaired) electrons. The molecule has 0 bridgehead atoms. The molecule has 11 nitrogen and oxygen atoms in total. The number of para-hydroxylation sites is 1. The Morgan fingerprint density at radius 3 is 2.70 bits per heavy atom. The van der Waals surface area contributed by atoms with Gasteiger partial charge in [0.25, 0.3) is 11.2 Å². The van der Waals surface area contributed by atoms with Crippen LogP contribution < -0.4 is 24.5 Å². The van der Waals surface area contributed by atoms with Gasteiger partial charge in [-0.1, -0.05) is 29.5 Å². The summed E-state index contributed by atoms with van der Waals surface area (Å²) >= 11 is 1.16. The maximum absolute atomic E-state index is 14.0. The number of methoxy groups -OCH3 is 1. The molecule has 208 valence electrons. The molecule has 2 aliphatic rings. The van der Waals surface area contributed by atoms with Crippen LogP contribution in [-0.2, 0) is 14.3 Å². The van der Waals surface area contributed by atoms with Gasteiger partial charge in [-0.25, -0.2) is 9.79 Å². The Kier molecular flexibility index (Phi) is 7.81. The van der Waals surface area contributed by atoms with E-state index in [1.807, 2.05) is 12.1 Å². The predicted octanol–water partition coefficient (Wildman–Crippen LogP) is 2.55.